The van der Waals surface area contributed by atoms with Gasteiger partial charge < -0.3 is 10.0 Å². The summed E-state index contributed by atoms with van der Waals surface area (Å²) in [5.41, 5.74) is -0.600. The molecule has 1 N–H and O–H groups in total. The van der Waals surface area contributed by atoms with Crippen molar-refractivity contribution in [3.8, 4) is 0 Å². The first kappa shape index (κ1) is 13.1. The Morgan fingerprint density at radius 1 is 1.28 bits per heavy atom. The van der Waals surface area contributed by atoms with Crippen LogP contribution >= 0.6 is 0 Å². The largest absolute Gasteiger partial charge is 0.375 e. The molecule has 2 rings (SSSR count). The van der Waals surface area contributed by atoms with Gasteiger partial charge in [0.25, 0.3) is 5.91 Å². The summed E-state index contributed by atoms with van der Waals surface area (Å²) < 4.78 is 0. The highest BCUT2D eigenvalue weighted by molar-refractivity contribution is 5.87. The van der Waals surface area contributed by atoms with Gasteiger partial charge in [-0.25, -0.2) is 0 Å². The van der Waals surface area contributed by atoms with E-state index in [0.717, 1.165) is 18.4 Å². The van der Waals surface area contributed by atoms with E-state index in [4.69, 9.17) is 0 Å². The van der Waals surface area contributed by atoms with E-state index in [9.17, 15) is 9.90 Å². The molecule has 3 nitrogen and oxygen atoms in total. The highest BCUT2D eigenvalue weighted by Gasteiger charge is 2.51. The third-order valence-corrected chi connectivity index (χ3v) is 3.76. The van der Waals surface area contributed by atoms with Crippen molar-refractivity contribution in [2.24, 2.45) is 5.92 Å². The normalized spacial score (nSPS) is 18.2. The molecule has 1 fully saturated rings. The Bertz CT molecular complexity index is 410. The van der Waals surface area contributed by atoms with Gasteiger partial charge in [0.05, 0.1) is 0 Å². The fraction of sp³-hybridized carbons (Fsp3) is 0.533. The van der Waals surface area contributed by atoms with Crippen LogP contribution in [0.2, 0.25) is 0 Å². The summed E-state index contributed by atoms with van der Waals surface area (Å²) in [5, 5.41) is 10.9. The Balaban J connectivity index is 2.35. The molecule has 1 atom stereocenters. The quantitative estimate of drug-likeness (QED) is 0.866. The second kappa shape index (κ2) is 5.11. The molecule has 0 radical (unpaired) electrons. The molecule has 1 aromatic rings. The third kappa shape index (κ3) is 2.15. The first-order chi connectivity index (χ1) is 8.64. The molecular weight excluding hydrogens is 226 g/mol. The molecule has 1 aliphatic carbocycles. The Labute approximate surface area is 108 Å². The highest BCUT2D eigenvalue weighted by Crippen LogP contribution is 2.46. The van der Waals surface area contributed by atoms with Gasteiger partial charge in [-0.3, -0.25) is 4.79 Å². The lowest BCUT2D eigenvalue weighted by Gasteiger charge is -2.33. The lowest BCUT2D eigenvalue weighted by molar-refractivity contribution is -0.154. The Kier molecular flexibility index (Phi) is 3.71. The van der Waals surface area contributed by atoms with E-state index in [2.05, 4.69) is 0 Å². The number of carbonyl (C=O) groups is 1. The van der Waals surface area contributed by atoms with Crippen LogP contribution in [0.1, 0.15) is 32.3 Å². The van der Waals surface area contributed by atoms with E-state index < -0.39 is 5.60 Å². The smallest absolute Gasteiger partial charge is 0.259 e. The van der Waals surface area contributed by atoms with Crippen LogP contribution in [0.4, 0.5) is 0 Å². The molecule has 1 amide bonds. The first-order valence-electron chi connectivity index (χ1n) is 6.71. The fourth-order valence-corrected chi connectivity index (χ4v) is 2.48. The summed E-state index contributed by atoms with van der Waals surface area (Å²) >= 11 is 0. The molecule has 0 bridgehead atoms. The second-order valence-electron chi connectivity index (χ2n) is 4.88. The lowest BCUT2D eigenvalue weighted by atomic mass is 9.87. The van der Waals surface area contributed by atoms with Gasteiger partial charge in [-0.2, -0.15) is 0 Å². The number of nitrogens with zero attached hydrogens (tertiary/aromatic N) is 1. The SMILES string of the molecule is CCN(CC)C(=O)C(O)(c1ccccc1)C1CC1. The van der Waals surface area contributed by atoms with E-state index in [1.165, 1.54) is 0 Å². The number of likely N-dealkylation sites (N-methyl/N-ethyl adjacent to an activating group) is 1. The van der Waals surface area contributed by atoms with Gasteiger partial charge in [-0.15, -0.1) is 0 Å². The van der Waals surface area contributed by atoms with Crippen molar-refractivity contribution in [3.05, 3.63) is 35.9 Å². The average molecular weight is 247 g/mol. The molecule has 0 saturated heterocycles. The van der Waals surface area contributed by atoms with Gasteiger partial charge >= 0.3 is 0 Å². The number of hydrogen-bond donors (Lipinski definition) is 1. The van der Waals surface area contributed by atoms with Gasteiger partial charge in [0, 0.05) is 19.0 Å². The minimum Gasteiger partial charge on any atom is -0.375 e. The third-order valence-electron chi connectivity index (χ3n) is 3.76. The van der Waals surface area contributed by atoms with E-state index in [1.54, 1.807) is 4.90 Å². The first-order valence-corrected chi connectivity index (χ1v) is 6.71. The number of benzene rings is 1. The Hall–Kier alpha value is -1.35. The molecule has 98 valence electrons. The van der Waals surface area contributed by atoms with E-state index >= 15 is 0 Å². The van der Waals surface area contributed by atoms with Crippen molar-refractivity contribution < 1.29 is 9.90 Å². The van der Waals surface area contributed by atoms with E-state index in [0.29, 0.717) is 13.1 Å². The number of carbonyl (C=O) groups excluding carboxylic acids is 1. The molecule has 0 aliphatic heterocycles. The van der Waals surface area contributed by atoms with Gasteiger partial charge in [0.15, 0.2) is 5.60 Å². The van der Waals surface area contributed by atoms with Gasteiger partial charge in [-0.1, -0.05) is 30.3 Å². The van der Waals surface area contributed by atoms with Crippen LogP contribution in [0.5, 0.6) is 0 Å². The van der Waals surface area contributed by atoms with Crippen LogP contribution in [0.25, 0.3) is 0 Å². The Morgan fingerprint density at radius 2 is 1.83 bits per heavy atom. The van der Waals surface area contributed by atoms with Crippen molar-refractivity contribution in [2.75, 3.05) is 13.1 Å². The van der Waals surface area contributed by atoms with Gasteiger partial charge in [0.1, 0.15) is 0 Å². The maximum absolute atomic E-state index is 12.6. The summed E-state index contributed by atoms with van der Waals surface area (Å²) in [5.74, 6) is -0.0748. The van der Waals surface area contributed by atoms with Crippen molar-refractivity contribution >= 4 is 5.91 Å². The maximum Gasteiger partial charge on any atom is 0.259 e. The zero-order chi connectivity index (χ0) is 13.2. The summed E-state index contributed by atoms with van der Waals surface area (Å²) in [6.45, 7) is 5.16. The molecule has 18 heavy (non-hydrogen) atoms. The van der Waals surface area contributed by atoms with Crippen LogP contribution in [0.15, 0.2) is 30.3 Å². The molecule has 1 unspecified atom stereocenters. The molecule has 3 heteroatoms. The maximum atomic E-state index is 12.6. The van der Waals surface area contributed by atoms with Crippen LogP contribution in [-0.2, 0) is 10.4 Å². The highest BCUT2D eigenvalue weighted by atomic mass is 16.3. The van der Waals surface area contributed by atoms with Gasteiger partial charge in [-0.05, 0) is 32.3 Å². The topological polar surface area (TPSA) is 40.5 Å². The molecule has 0 aromatic heterocycles. The average Bonchev–Trinajstić information content (AvgIpc) is 3.24. The standard InChI is InChI=1S/C15H21NO2/c1-3-16(4-2)14(17)15(18,13-10-11-13)12-8-6-5-7-9-12/h5-9,13,18H,3-4,10-11H2,1-2H3. The summed E-state index contributed by atoms with van der Waals surface area (Å²) in [7, 11) is 0. The zero-order valence-electron chi connectivity index (χ0n) is 11.1. The monoisotopic (exact) mass is 247 g/mol. The molecule has 1 aliphatic rings. The predicted molar refractivity (Wildman–Crippen MR) is 71.0 cm³/mol. The van der Waals surface area contributed by atoms with Crippen LogP contribution in [0.3, 0.4) is 0 Å². The minimum atomic E-state index is -1.33. The fourth-order valence-electron chi connectivity index (χ4n) is 2.48. The van der Waals surface area contributed by atoms with E-state index in [-0.39, 0.29) is 11.8 Å². The summed E-state index contributed by atoms with van der Waals surface area (Å²) in [6, 6.07) is 9.34. The number of amides is 1. The van der Waals surface area contributed by atoms with Crippen molar-refractivity contribution in [1.82, 2.24) is 4.90 Å². The minimum absolute atomic E-state index is 0.0769. The van der Waals surface area contributed by atoms with Crippen LogP contribution in [0, 0.1) is 5.92 Å². The second-order valence-corrected chi connectivity index (χ2v) is 4.88. The number of hydrogen-bond acceptors (Lipinski definition) is 2. The predicted octanol–water partition coefficient (Wildman–Crippen LogP) is 2.15. The molecule has 1 aromatic carbocycles. The Morgan fingerprint density at radius 3 is 2.28 bits per heavy atom. The van der Waals surface area contributed by atoms with Gasteiger partial charge in [0.2, 0.25) is 0 Å². The van der Waals surface area contributed by atoms with E-state index in [1.807, 2.05) is 44.2 Å². The summed E-state index contributed by atoms with van der Waals surface area (Å²) in [4.78, 5) is 14.3. The summed E-state index contributed by atoms with van der Waals surface area (Å²) in [6.07, 6.45) is 1.86. The van der Waals surface area contributed by atoms with Crippen LogP contribution < -0.4 is 0 Å². The van der Waals surface area contributed by atoms with Crippen molar-refractivity contribution in [2.45, 2.75) is 32.3 Å². The number of aliphatic hydroxyl groups is 1. The number of rotatable bonds is 5. The molecule has 1 saturated carbocycles. The van der Waals surface area contributed by atoms with Crippen molar-refractivity contribution in [1.29, 1.82) is 0 Å². The molecule has 0 heterocycles. The molecule has 0 spiro atoms. The van der Waals surface area contributed by atoms with Crippen molar-refractivity contribution in [3.63, 3.8) is 0 Å². The lowest BCUT2D eigenvalue weighted by Crippen LogP contribution is -2.48. The van der Waals surface area contributed by atoms with Crippen LogP contribution in [-0.4, -0.2) is 29.0 Å². The zero-order valence-corrected chi connectivity index (χ0v) is 11.1. The molecular formula is C15H21NO2.